The lowest BCUT2D eigenvalue weighted by Gasteiger charge is -2.42. The van der Waals surface area contributed by atoms with Gasteiger partial charge in [0.2, 0.25) is 0 Å². The van der Waals surface area contributed by atoms with E-state index in [0.717, 1.165) is 41.9 Å². The molecule has 0 spiro atoms. The van der Waals surface area contributed by atoms with Crippen LogP contribution in [0.4, 0.5) is 4.39 Å². The van der Waals surface area contributed by atoms with Crippen LogP contribution >= 0.6 is 0 Å². The zero-order valence-corrected chi connectivity index (χ0v) is 22.7. The number of benzene rings is 1. The van der Waals surface area contributed by atoms with E-state index in [0.29, 0.717) is 34.8 Å². The predicted molar refractivity (Wildman–Crippen MR) is 152 cm³/mol. The predicted octanol–water partition coefficient (Wildman–Crippen LogP) is 4.89. The van der Waals surface area contributed by atoms with Gasteiger partial charge in [-0.2, -0.15) is 0 Å². The highest BCUT2D eigenvalue weighted by Gasteiger charge is 2.36. The number of allylic oxidation sites excluding steroid dienone is 5. The van der Waals surface area contributed by atoms with E-state index in [-0.39, 0.29) is 18.9 Å². The van der Waals surface area contributed by atoms with E-state index in [1.165, 1.54) is 11.8 Å². The van der Waals surface area contributed by atoms with Gasteiger partial charge in [-0.25, -0.2) is 19.4 Å². The summed E-state index contributed by atoms with van der Waals surface area (Å²) in [6.45, 7) is 6.20. The van der Waals surface area contributed by atoms with Crippen molar-refractivity contribution in [3.63, 3.8) is 0 Å². The SMILES string of the molecule is CCC1C=C(C2CNC2)N2C=CN=C(N)C2=C1c1ccc(OC2=CC(OCc3cnc(C)nc3)=CC(F)C2)cc1. The molecule has 2 atom stereocenters. The molecule has 1 aromatic carbocycles. The summed E-state index contributed by atoms with van der Waals surface area (Å²) in [4.78, 5) is 15.0. The van der Waals surface area contributed by atoms with Gasteiger partial charge in [0.05, 0.1) is 5.70 Å². The van der Waals surface area contributed by atoms with Crippen LogP contribution in [-0.2, 0) is 11.3 Å². The number of nitrogens with two attached hydrogens (primary N) is 1. The Morgan fingerprint density at radius 3 is 2.60 bits per heavy atom. The van der Waals surface area contributed by atoms with Gasteiger partial charge in [0.1, 0.15) is 41.7 Å². The first kappa shape index (κ1) is 26.0. The highest BCUT2D eigenvalue weighted by atomic mass is 19.1. The maximum atomic E-state index is 14.5. The summed E-state index contributed by atoms with van der Waals surface area (Å²) in [6.07, 6.45) is 12.6. The number of nitrogens with one attached hydrogen (secondary N) is 1. The Bertz CT molecular complexity index is 1450. The van der Waals surface area contributed by atoms with Gasteiger partial charge < -0.3 is 25.4 Å². The minimum absolute atomic E-state index is 0.146. The fourth-order valence-corrected chi connectivity index (χ4v) is 5.34. The molecule has 0 radical (unpaired) electrons. The summed E-state index contributed by atoms with van der Waals surface area (Å²) >= 11 is 0. The maximum Gasteiger partial charge on any atom is 0.148 e. The van der Waals surface area contributed by atoms with Crippen molar-refractivity contribution in [2.45, 2.75) is 39.5 Å². The molecular weight excluding hydrogens is 507 g/mol. The average Bonchev–Trinajstić information content (AvgIpc) is 2.92. The minimum atomic E-state index is -1.19. The Morgan fingerprint density at radius 1 is 1.12 bits per heavy atom. The van der Waals surface area contributed by atoms with Crippen LogP contribution in [0.15, 0.2) is 95.2 Å². The number of ether oxygens (including phenoxy) is 2. The third kappa shape index (κ3) is 5.29. The van der Waals surface area contributed by atoms with Crippen LogP contribution in [0.5, 0.6) is 5.75 Å². The normalized spacial score (nSPS) is 22.5. The Morgan fingerprint density at radius 2 is 1.90 bits per heavy atom. The fraction of sp³-hybridized carbons (Fsp3) is 0.323. The van der Waals surface area contributed by atoms with Crippen LogP contribution in [-0.4, -0.2) is 40.0 Å². The van der Waals surface area contributed by atoms with Crippen LogP contribution in [0.3, 0.4) is 0 Å². The van der Waals surface area contributed by atoms with Crippen molar-refractivity contribution in [1.29, 1.82) is 0 Å². The van der Waals surface area contributed by atoms with Crippen molar-refractivity contribution >= 4 is 11.4 Å². The second-order valence-corrected chi connectivity index (χ2v) is 10.4. The highest BCUT2D eigenvalue weighted by molar-refractivity contribution is 6.05. The number of aliphatic imine (C=N–C) groups is 1. The number of nitrogens with zero attached hydrogens (tertiary/aromatic N) is 4. The zero-order chi connectivity index (χ0) is 27.6. The molecule has 1 aliphatic carbocycles. The molecular formula is C31H33FN6O2. The topological polar surface area (TPSA) is 97.9 Å². The fourth-order valence-electron chi connectivity index (χ4n) is 5.34. The average molecular weight is 541 g/mol. The van der Waals surface area contributed by atoms with Crippen molar-refractivity contribution in [3.8, 4) is 5.75 Å². The van der Waals surface area contributed by atoms with E-state index in [9.17, 15) is 4.39 Å². The molecule has 1 saturated heterocycles. The summed E-state index contributed by atoms with van der Waals surface area (Å²) in [7, 11) is 0. The van der Waals surface area contributed by atoms with Crippen molar-refractivity contribution in [2.75, 3.05) is 13.1 Å². The molecule has 8 nitrogen and oxygen atoms in total. The molecule has 2 aromatic rings. The molecule has 9 heteroatoms. The quantitative estimate of drug-likeness (QED) is 0.492. The number of halogens is 1. The summed E-state index contributed by atoms with van der Waals surface area (Å²) in [5, 5.41) is 3.37. The van der Waals surface area contributed by atoms with Crippen LogP contribution in [0, 0.1) is 18.8 Å². The first-order valence-electron chi connectivity index (χ1n) is 13.7. The van der Waals surface area contributed by atoms with Crippen molar-refractivity contribution in [1.82, 2.24) is 20.2 Å². The molecule has 2 unspecified atom stereocenters. The Balaban J connectivity index is 1.20. The third-order valence-electron chi connectivity index (χ3n) is 7.53. The molecule has 0 saturated carbocycles. The largest absolute Gasteiger partial charge is 0.489 e. The lowest BCUT2D eigenvalue weighted by atomic mass is 9.81. The third-order valence-corrected chi connectivity index (χ3v) is 7.53. The summed E-state index contributed by atoms with van der Waals surface area (Å²) in [5.41, 5.74) is 11.7. The molecule has 1 aromatic heterocycles. The van der Waals surface area contributed by atoms with Gasteiger partial charge in [-0.05, 0) is 42.7 Å². The molecule has 4 aliphatic rings. The molecule has 4 heterocycles. The number of hydrogen-bond acceptors (Lipinski definition) is 8. The monoisotopic (exact) mass is 540 g/mol. The summed E-state index contributed by atoms with van der Waals surface area (Å²) in [6, 6.07) is 7.90. The maximum absolute atomic E-state index is 14.5. The number of rotatable bonds is 8. The van der Waals surface area contributed by atoms with Crippen LogP contribution < -0.4 is 15.8 Å². The van der Waals surface area contributed by atoms with Crippen LogP contribution in [0.2, 0.25) is 0 Å². The Labute approximate surface area is 233 Å². The lowest BCUT2D eigenvalue weighted by molar-refractivity contribution is 0.197. The van der Waals surface area contributed by atoms with Gasteiger partial charge in [0.25, 0.3) is 0 Å². The Kier molecular flexibility index (Phi) is 7.21. The van der Waals surface area contributed by atoms with Crippen LogP contribution in [0.25, 0.3) is 5.57 Å². The van der Waals surface area contributed by atoms with Gasteiger partial charge in [0, 0.05) is 73.5 Å². The first-order valence-corrected chi connectivity index (χ1v) is 13.7. The number of aromatic nitrogens is 2. The lowest BCUT2D eigenvalue weighted by Crippen LogP contribution is -2.48. The van der Waals surface area contributed by atoms with E-state index in [4.69, 9.17) is 15.2 Å². The minimum Gasteiger partial charge on any atom is -0.489 e. The molecule has 40 heavy (non-hydrogen) atoms. The second kappa shape index (κ2) is 11.1. The number of hydrogen-bond donors (Lipinski definition) is 2. The number of amidine groups is 1. The summed E-state index contributed by atoms with van der Waals surface area (Å²) < 4.78 is 26.4. The Hall–Kier alpha value is -4.24. The molecule has 206 valence electrons. The van der Waals surface area contributed by atoms with Crippen molar-refractivity contribution < 1.29 is 13.9 Å². The number of fused-ring (bicyclic) bond motifs is 1. The molecule has 0 amide bonds. The van der Waals surface area contributed by atoms with E-state index >= 15 is 0 Å². The van der Waals surface area contributed by atoms with E-state index < -0.39 is 6.17 Å². The summed E-state index contributed by atoms with van der Waals surface area (Å²) in [5.74, 6) is 3.45. The highest BCUT2D eigenvalue weighted by Crippen LogP contribution is 2.42. The van der Waals surface area contributed by atoms with Gasteiger partial charge >= 0.3 is 0 Å². The van der Waals surface area contributed by atoms with Crippen molar-refractivity contribution in [2.24, 2.45) is 22.6 Å². The first-order chi connectivity index (χ1) is 19.5. The van der Waals surface area contributed by atoms with Crippen molar-refractivity contribution in [3.05, 3.63) is 107 Å². The molecule has 1 fully saturated rings. The van der Waals surface area contributed by atoms with E-state index in [1.807, 2.05) is 37.4 Å². The second-order valence-electron chi connectivity index (χ2n) is 10.4. The molecule has 3 N–H and O–H groups in total. The number of alkyl halides is 1. The molecule has 3 aliphatic heterocycles. The van der Waals surface area contributed by atoms with Gasteiger partial charge in [-0.15, -0.1) is 0 Å². The smallest absolute Gasteiger partial charge is 0.148 e. The van der Waals surface area contributed by atoms with Gasteiger partial charge in [0.15, 0.2) is 0 Å². The zero-order valence-electron chi connectivity index (χ0n) is 22.7. The molecule has 6 rings (SSSR count). The number of aryl methyl sites for hydroxylation is 1. The van der Waals surface area contributed by atoms with Gasteiger partial charge in [-0.1, -0.05) is 25.1 Å². The van der Waals surface area contributed by atoms with E-state index in [1.54, 1.807) is 24.7 Å². The standard InChI is InChI=1S/C31H33FN6O2/c1-3-21-10-28(23-16-34-17-23)38-9-8-35-31(33)30(38)29(21)22-4-6-25(7-5-22)40-27-12-24(32)11-26(13-27)39-18-20-14-36-19(2)37-15-20/h4-11,13-15,21,23-24,34H,3,12,16-18H2,1-2H3,(H2,33,35). The molecule has 0 bridgehead atoms. The van der Waals surface area contributed by atoms with Crippen LogP contribution in [0.1, 0.15) is 36.7 Å². The van der Waals surface area contributed by atoms with E-state index in [2.05, 4.69) is 38.2 Å². The van der Waals surface area contributed by atoms with Gasteiger partial charge in [-0.3, -0.25) is 0 Å².